The van der Waals surface area contributed by atoms with E-state index in [4.69, 9.17) is 4.42 Å². The normalized spacial score (nSPS) is 16.9. The molecule has 0 aromatic carbocycles. The fourth-order valence-corrected chi connectivity index (χ4v) is 3.86. The summed E-state index contributed by atoms with van der Waals surface area (Å²) in [6.45, 7) is 7.98. The van der Waals surface area contributed by atoms with E-state index < -0.39 is 0 Å². The van der Waals surface area contributed by atoms with Crippen molar-refractivity contribution < 1.29 is 4.42 Å². The van der Waals surface area contributed by atoms with Crippen LogP contribution in [0.25, 0.3) is 0 Å². The van der Waals surface area contributed by atoms with Crippen LogP contribution in [0.15, 0.2) is 45.3 Å². The molecule has 0 radical (unpaired) electrons. The zero-order chi connectivity index (χ0) is 17.3. The van der Waals surface area contributed by atoms with Gasteiger partial charge < -0.3 is 15.1 Å². The molecule has 2 N–H and O–H groups in total. The van der Waals surface area contributed by atoms with Gasteiger partial charge in [-0.25, -0.2) is 4.99 Å². The lowest BCUT2D eigenvalue weighted by Gasteiger charge is -2.32. The minimum atomic E-state index is 0.571. The highest BCUT2D eigenvalue weighted by Crippen LogP contribution is 2.20. The van der Waals surface area contributed by atoms with Crippen LogP contribution in [0.1, 0.15) is 30.4 Å². The Labute approximate surface area is 154 Å². The molecule has 136 valence electrons. The Morgan fingerprint density at radius 2 is 2.16 bits per heavy atom. The van der Waals surface area contributed by atoms with Crippen molar-refractivity contribution in [2.75, 3.05) is 26.2 Å². The smallest absolute Gasteiger partial charge is 0.191 e. The molecule has 3 rings (SSSR count). The molecule has 1 fully saturated rings. The molecule has 0 spiro atoms. The highest BCUT2D eigenvalue weighted by Gasteiger charge is 2.19. The number of piperidine rings is 1. The molecule has 0 saturated carbocycles. The first kappa shape index (κ1) is 18.0. The number of guanidine groups is 1. The second-order valence-electron chi connectivity index (χ2n) is 6.45. The van der Waals surface area contributed by atoms with E-state index in [1.807, 2.05) is 23.5 Å². The molecule has 6 heteroatoms. The van der Waals surface area contributed by atoms with Gasteiger partial charge in [-0.15, -0.1) is 11.3 Å². The van der Waals surface area contributed by atoms with E-state index in [0.717, 1.165) is 31.4 Å². The van der Waals surface area contributed by atoms with E-state index in [1.54, 1.807) is 6.26 Å². The zero-order valence-electron chi connectivity index (χ0n) is 14.9. The van der Waals surface area contributed by atoms with Crippen molar-refractivity contribution in [2.45, 2.75) is 32.9 Å². The maximum atomic E-state index is 5.34. The first-order chi connectivity index (χ1) is 12.3. The maximum Gasteiger partial charge on any atom is 0.191 e. The molecule has 0 aliphatic carbocycles. The van der Waals surface area contributed by atoms with Gasteiger partial charge in [-0.3, -0.25) is 4.90 Å². The predicted octanol–water partition coefficient (Wildman–Crippen LogP) is 3.31. The highest BCUT2D eigenvalue weighted by molar-refractivity contribution is 7.09. The maximum absolute atomic E-state index is 5.34. The average molecular weight is 361 g/mol. The molecule has 0 amide bonds. The largest absolute Gasteiger partial charge is 0.467 e. The highest BCUT2D eigenvalue weighted by atomic mass is 32.1. The Kier molecular flexibility index (Phi) is 6.94. The summed E-state index contributed by atoms with van der Waals surface area (Å²) >= 11 is 1.86. The third-order valence-electron chi connectivity index (χ3n) is 4.54. The number of furan rings is 1. The molecule has 1 aliphatic rings. The number of nitrogens with one attached hydrogen (secondary N) is 2. The number of hydrogen-bond donors (Lipinski definition) is 2. The summed E-state index contributed by atoms with van der Waals surface area (Å²) in [7, 11) is 0. The van der Waals surface area contributed by atoms with Crippen molar-refractivity contribution in [3.63, 3.8) is 0 Å². The van der Waals surface area contributed by atoms with Crippen molar-refractivity contribution in [1.82, 2.24) is 15.5 Å². The fourth-order valence-electron chi connectivity index (χ4n) is 3.11. The minimum Gasteiger partial charge on any atom is -0.467 e. The summed E-state index contributed by atoms with van der Waals surface area (Å²) in [6.07, 6.45) is 4.18. The molecular weight excluding hydrogens is 332 g/mol. The number of likely N-dealkylation sites (tertiary alicyclic amines) is 1. The molecule has 1 aliphatic heterocycles. The molecular formula is C19H28N4OS. The number of nitrogens with zero attached hydrogens (tertiary/aromatic N) is 2. The molecule has 2 aromatic heterocycles. The first-order valence-corrected chi connectivity index (χ1v) is 10.0. The minimum absolute atomic E-state index is 0.571. The lowest BCUT2D eigenvalue weighted by molar-refractivity contribution is 0.179. The molecule has 0 atom stereocenters. The van der Waals surface area contributed by atoms with Gasteiger partial charge in [-0.1, -0.05) is 6.07 Å². The van der Waals surface area contributed by atoms with Crippen LogP contribution in [0.2, 0.25) is 0 Å². The fraction of sp³-hybridized carbons (Fsp3) is 0.526. The average Bonchev–Trinajstić information content (AvgIpc) is 3.32. The summed E-state index contributed by atoms with van der Waals surface area (Å²) < 4.78 is 5.34. The van der Waals surface area contributed by atoms with Crippen LogP contribution in [0.3, 0.4) is 0 Å². The van der Waals surface area contributed by atoms with Gasteiger partial charge in [0.2, 0.25) is 0 Å². The second kappa shape index (κ2) is 9.63. The Bertz CT molecular complexity index is 616. The molecule has 0 unspecified atom stereocenters. The van der Waals surface area contributed by atoms with E-state index in [2.05, 4.69) is 45.0 Å². The quantitative estimate of drug-likeness (QED) is 0.588. The van der Waals surface area contributed by atoms with E-state index in [-0.39, 0.29) is 0 Å². The molecule has 1 saturated heterocycles. The van der Waals surface area contributed by atoms with Crippen LogP contribution in [0.5, 0.6) is 0 Å². The lowest BCUT2D eigenvalue weighted by Crippen LogP contribution is -2.42. The Morgan fingerprint density at radius 1 is 1.28 bits per heavy atom. The molecule has 2 aromatic rings. The van der Waals surface area contributed by atoms with Gasteiger partial charge >= 0.3 is 0 Å². The van der Waals surface area contributed by atoms with Crippen LogP contribution in [0, 0.1) is 5.92 Å². The Balaban J connectivity index is 1.40. The zero-order valence-corrected chi connectivity index (χ0v) is 15.7. The third kappa shape index (κ3) is 5.90. The van der Waals surface area contributed by atoms with Crippen LogP contribution in [-0.2, 0) is 13.1 Å². The number of thiophene rings is 1. The van der Waals surface area contributed by atoms with E-state index in [0.29, 0.717) is 12.5 Å². The standard InChI is InChI=1S/C19H28N4OS/c1-2-20-19(22-14-17-5-3-11-24-17)21-13-16-7-9-23(10-8-16)15-18-6-4-12-25-18/h3-6,11-12,16H,2,7-10,13-15H2,1H3,(H2,20,21,22). The van der Waals surface area contributed by atoms with Crippen molar-refractivity contribution in [1.29, 1.82) is 0 Å². The van der Waals surface area contributed by atoms with Crippen molar-refractivity contribution in [3.05, 3.63) is 46.5 Å². The topological polar surface area (TPSA) is 52.8 Å². The summed E-state index contributed by atoms with van der Waals surface area (Å²) in [5, 5.41) is 8.97. The van der Waals surface area contributed by atoms with Gasteiger partial charge in [-0.05, 0) is 62.4 Å². The van der Waals surface area contributed by atoms with Gasteiger partial charge in [0.25, 0.3) is 0 Å². The van der Waals surface area contributed by atoms with Crippen LogP contribution in [-0.4, -0.2) is 37.0 Å². The number of rotatable bonds is 7. The van der Waals surface area contributed by atoms with Crippen LogP contribution >= 0.6 is 11.3 Å². The third-order valence-corrected chi connectivity index (χ3v) is 5.40. The van der Waals surface area contributed by atoms with Crippen molar-refractivity contribution >= 4 is 17.3 Å². The van der Waals surface area contributed by atoms with E-state index in [9.17, 15) is 0 Å². The van der Waals surface area contributed by atoms with E-state index in [1.165, 1.54) is 30.8 Å². The van der Waals surface area contributed by atoms with Crippen LogP contribution in [0.4, 0.5) is 0 Å². The number of aliphatic imine (C=N–C) groups is 1. The van der Waals surface area contributed by atoms with Gasteiger partial charge in [0, 0.05) is 24.5 Å². The summed E-state index contributed by atoms with van der Waals surface area (Å²) in [5.74, 6) is 2.48. The first-order valence-electron chi connectivity index (χ1n) is 9.12. The lowest BCUT2D eigenvalue weighted by atomic mass is 9.97. The molecule has 5 nitrogen and oxygen atoms in total. The van der Waals surface area contributed by atoms with Gasteiger partial charge in [0.1, 0.15) is 12.3 Å². The summed E-state index contributed by atoms with van der Waals surface area (Å²) in [4.78, 5) is 8.63. The molecule has 0 bridgehead atoms. The van der Waals surface area contributed by atoms with Crippen molar-refractivity contribution in [3.8, 4) is 0 Å². The predicted molar refractivity (Wildman–Crippen MR) is 104 cm³/mol. The molecule has 3 heterocycles. The van der Waals surface area contributed by atoms with Gasteiger partial charge in [0.05, 0.1) is 6.26 Å². The Morgan fingerprint density at radius 3 is 2.84 bits per heavy atom. The Hall–Kier alpha value is -1.79. The monoisotopic (exact) mass is 360 g/mol. The van der Waals surface area contributed by atoms with Gasteiger partial charge in [-0.2, -0.15) is 0 Å². The molecule has 25 heavy (non-hydrogen) atoms. The van der Waals surface area contributed by atoms with Crippen molar-refractivity contribution in [2.24, 2.45) is 10.9 Å². The van der Waals surface area contributed by atoms with Gasteiger partial charge in [0.15, 0.2) is 5.96 Å². The van der Waals surface area contributed by atoms with E-state index >= 15 is 0 Å². The number of hydrogen-bond acceptors (Lipinski definition) is 4. The summed E-state index contributed by atoms with van der Waals surface area (Å²) in [6, 6.07) is 8.23. The second-order valence-corrected chi connectivity index (χ2v) is 7.49. The van der Waals surface area contributed by atoms with Crippen LogP contribution < -0.4 is 10.6 Å². The SMILES string of the molecule is CCNC(=NCc1ccco1)NCC1CCN(Cc2cccs2)CC1. The summed E-state index contributed by atoms with van der Waals surface area (Å²) in [5.41, 5.74) is 0.